The van der Waals surface area contributed by atoms with Gasteiger partial charge in [0.2, 0.25) is 0 Å². The Morgan fingerprint density at radius 3 is 2.17 bits per heavy atom. The van der Waals surface area contributed by atoms with Gasteiger partial charge in [0.1, 0.15) is 5.75 Å². The fourth-order valence-corrected chi connectivity index (χ4v) is 3.00. The Morgan fingerprint density at radius 2 is 1.57 bits per heavy atom. The first-order chi connectivity index (χ1) is 14.4. The van der Waals surface area contributed by atoms with Crippen LogP contribution in [-0.2, 0) is 20.9 Å². The number of carbonyl (C=O) groups is 2. The highest BCUT2D eigenvalue weighted by Crippen LogP contribution is 2.34. The molecule has 1 N–H and O–H groups in total. The van der Waals surface area contributed by atoms with Crippen molar-refractivity contribution < 1.29 is 28.5 Å². The molecule has 0 spiro atoms. The van der Waals surface area contributed by atoms with E-state index in [-0.39, 0.29) is 6.54 Å². The van der Waals surface area contributed by atoms with Crippen molar-refractivity contribution in [1.29, 1.82) is 0 Å². The third-order valence-electron chi connectivity index (χ3n) is 3.99. The molecule has 9 heteroatoms. The van der Waals surface area contributed by atoms with Crippen LogP contribution in [0.5, 0.6) is 17.2 Å². The number of halogens is 2. The molecule has 0 unspecified atom stereocenters. The van der Waals surface area contributed by atoms with Gasteiger partial charge in [-0.2, -0.15) is 0 Å². The number of hydrogen-bond acceptors (Lipinski definition) is 6. The molecule has 0 saturated heterocycles. The van der Waals surface area contributed by atoms with Crippen LogP contribution in [0.4, 0.5) is 0 Å². The summed E-state index contributed by atoms with van der Waals surface area (Å²) >= 11 is 12.1. The predicted octanol–water partition coefficient (Wildman–Crippen LogP) is 3.89. The number of esters is 1. The zero-order chi connectivity index (χ0) is 22.1. The van der Waals surface area contributed by atoms with Gasteiger partial charge in [-0.05, 0) is 24.3 Å². The van der Waals surface area contributed by atoms with Crippen LogP contribution in [0.1, 0.15) is 11.1 Å². The van der Waals surface area contributed by atoms with E-state index in [1.54, 1.807) is 30.3 Å². The van der Waals surface area contributed by atoms with Crippen LogP contribution in [0.2, 0.25) is 10.0 Å². The van der Waals surface area contributed by atoms with Crippen molar-refractivity contribution in [1.82, 2.24) is 5.32 Å². The van der Waals surface area contributed by atoms with Gasteiger partial charge in [-0.3, -0.25) is 4.79 Å². The summed E-state index contributed by atoms with van der Waals surface area (Å²) in [5, 5.41) is 3.44. The number of carbonyl (C=O) groups excluding carboxylic acids is 2. The van der Waals surface area contributed by atoms with Crippen molar-refractivity contribution in [2.45, 2.75) is 6.54 Å². The summed E-state index contributed by atoms with van der Waals surface area (Å²) in [4.78, 5) is 23.9. The lowest BCUT2D eigenvalue weighted by atomic mass is 10.1. The molecule has 160 valence electrons. The maximum absolute atomic E-state index is 12.0. The first kappa shape index (κ1) is 23.4. The molecule has 2 rings (SSSR count). The monoisotopic (exact) mass is 453 g/mol. The second-order valence-corrected chi connectivity index (χ2v) is 6.69. The van der Waals surface area contributed by atoms with E-state index >= 15 is 0 Å². The van der Waals surface area contributed by atoms with Gasteiger partial charge in [0.25, 0.3) is 5.91 Å². The lowest BCUT2D eigenvalue weighted by molar-refractivity contribution is -0.143. The molecule has 0 bridgehead atoms. The minimum Gasteiger partial charge on any atom is -0.496 e. The first-order valence-electron chi connectivity index (χ1n) is 8.74. The summed E-state index contributed by atoms with van der Waals surface area (Å²) in [6.07, 6.45) is 2.58. The van der Waals surface area contributed by atoms with E-state index in [4.69, 9.17) is 42.1 Å². The number of hydrogen-bond donors (Lipinski definition) is 1. The van der Waals surface area contributed by atoms with Crippen molar-refractivity contribution in [3.63, 3.8) is 0 Å². The maximum atomic E-state index is 12.0. The molecule has 2 aromatic carbocycles. The number of methoxy groups -OCH3 is 3. The lowest BCUT2D eigenvalue weighted by Crippen LogP contribution is -2.28. The summed E-state index contributed by atoms with van der Waals surface area (Å²) in [7, 11) is 4.53. The quantitative estimate of drug-likeness (QED) is 0.457. The third kappa shape index (κ3) is 6.30. The van der Waals surface area contributed by atoms with Gasteiger partial charge in [-0.15, -0.1) is 0 Å². The molecule has 0 aromatic heterocycles. The standard InChI is InChI=1S/C21H21Cl2NO6/c1-27-17-10-19(29-3)18(28-2)9-13(17)11-24-20(25)12-30-21(26)8-7-14-15(22)5-4-6-16(14)23/h4-10H,11-12H2,1-3H3,(H,24,25)/b8-7+. The third-order valence-corrected chi connectivity index (χ3v) is 4.65. The summed E-state index contributed by atoms with van der Waals surface area (Å²) < 4.78 is 20.7. The SMILES string of the molecule is COc1cc(OC)c(OC)cc1CNC(=O)COC(=O)/C=C/c1c(Cl)cccc1Cl. The molecule has 0 saturated carbocycles. The number of rotatable bonds is 9. The van der Waals surface area contributed by atoms with Gasteiger partial charge in [0.15, 0.2) is 18.1 Å². The summed E-state index contributed by atoms with van der Waals surface area (Å²) in [5.41, 5.74) is 1.16. The number of amides is 1. The van der Waals surface area contributed by atoms with Crippen LogP contribution in [-0.4, -0.2) is 39.8 Å². The highest BCUT2D eigenvalue weighted by Gasteiger charge is 2.13. The van der Waals surface area contributed by atoms with E-state index in [9.17, 15) is 9.59 Å². The lowest BCUT2D eigenvalue weighted by Gasteiger charge is -2.14. The molecule has 0 aliphatic rings. The second-order valence-electron chi connectivity index (χ2n) is 5.87. The number of benzene rings is 2. The van der Waals surface area contributed by atoms with Gasteiger partial charge in [0.05, 0.1) is 21.3 Å². The molecule has 7 nitrogen and oxygen atoms in total. The Morgan fingerprint density at radius 1 is 0.967 bits per heavy atom. The fourth-order valence-electron chi connectivity index (χ4n) is 2.48. The Hall–Kier alpha value is -2.90. The van der Waals surface area contributed by atoms with Crippen LogP contribution < -0.4 is 19.5 Å². The zero-order valence-corrected chi connectivity index (χ0v) is 18.2. The average Bonchev–Trinajstić information content (AvgIpc) is 2.75. The first-order valence-corrected chi connectivity index (χ1v) is 9.49. The molecule has 0 atom stereocenters. The number of ether oxygens (including phenoxy) is 4. The Labute approximate surface area is 184 Å². The highest BCUT2D eigenvalue weighted by atomic mass is 35.5. The zero-order valence-electron chi connectivity index (χ0n) is 16.7. The summed E-state index contributed by atoms with van der Waals surface area (Å²) in [6.45, 7) is -0.306. The van der Waals surface area contributed by atoms with Gasteiger partial charge in [-0.25, -0.2) is 4.79 Å². The molecule has 0 fully saturated rings. The largest absolute Gasteiger partial charge is 0.496 e. The van der Waals surface area contributed by atoms with Crippen molar-refractivity contribution in [2.75, 3.05) is 27.9 Å². The smallest absolute Gasteiger partial charge is 0.331 e. The molecule has 0 radical (unpaired) electrons. The van der Waals surface area contributed by atoms with E-state index in [0.717, 1.165) is 6.08 Å². The second kappa shape index (κ2) is 11.3. The van der Waals surface area contributed by atoms with Gasteiger partial charge in [0, 0.05) is 39.9 Å². The average molecular weight is 454 g/mol. The van der Waals surface area contributed by atoms with Crippen LogP contribution in [0.15, 0.2) is 36.4 Å². The van der Waals surface area contributed by atoms with Crippen molar-refractivity contribution in [3.8, 4) is 17.2 Å². The van der Waals surface area contributed by atoms with E-state index in [1.807, 2.05) is 0 Å². The molecule has 0 aliphatic heterocycles. The van der Waals surface area contributed by atoms with Crippen molar-refractivity contribution >= 4 is 41.2 Å². The fraction of sp³-hybridized carbons (Fsp3) is 0.238. The molecule has 2 aromatic rings. The van der Waals surface area contributed by atoms with Crippen molar-refractivity contribution in [2.24, 2.45) is 0 Å². The highest BCUT2D eigenvalue weighted by molar-refractivity contribution is 6.37. The van der Waals surface area contributed by atoms with Crippen LogP contribution in [0.3, 0.4) is 0 Å². The van der Waals surface area contributed by atoms with E-state index in [0.29, 0.717) is 38.4 Å². The number of nitrogens with one attached hydrogen (secondary N) is 1. The molecule has 0 aliphatic carbocycles. The summed E-state index contributed by atoms with van der Waals surface area (Å²) in [6, 6.07) is 8.34. The van der Waals surface area contributed by atoms with E-state index in [2.05, 4.69) is 5.32 Å². The maximum Gasteiger partial charge on any atom is 0.331 e. The normalized spacial score (nSPS) is 10.6. The topological polar surface area (TPSA) is 83.1 Å². The van der Waals surface area contributed by atoms with E-state index in [1.165, 1.54) is 27.4 Å². The van der Waals surface area contributed by atoms with Crippen LogP contribution in [0, 0.1) is 0 Å². The van der Waals surface area contributed by atoms with Gasteiger partial charge in [-0.1, -0.05) is 29.3 Å². The predicted molar refractivity (Wildman–Crippen MR) is 114 cm³/mol. The molecule has 30 heavy (non-hydrogen) atoms. The van der Waals surface area contributed by atoms with Crippen molar-refractivity contribution in [3.05, 3.63) is 57.6 Å². The Balaban J connectivity index is 1.91. The van der Waals surface area contributed by atoms with E-state index < -0.39 is 18.5 Å². The molecular formula is C21H21Cl2NO6. The van der Waals surface area contributed by atoms with Crippen LogP contribution >= 0.6 is 23.2 Å². The molecule has 1 amide bonds. The molecular weight excluding hydrogens is 433 g/mol. The van der Waals surface area contributed by atoms with Gasteiger partial charge < -0.3 is 24.3 Å². The Bertz CT molecular complexity index is 925. The minimum absolute atomic E-state index is 0.144. The minimum atomic E-state index is -0.704. The Kier molecular flexibility index (Phi) is 8.83. The van der Waals surface area contributed by atoms with Gasteiger partial charge >= 0.3 is 5.97 Å². The van der Waals surface area contributed by atoms with Crippen LogP contribution in [0.25, 0.3) is 6.08 Å². The summed E-state index contributed by atoms with van der Waals surface area (Å²) in [5.74, 6) is 0.333. The molecule has 0 heterocycles.